The quantitative estimate of drug-likeness (QED) is 0.733. The highest BCUT2D eigenvalue weighted by atomic mass is 16.3. The van der Waals surface area contributed by atoms with Gasteiger partial charge in [0.2, 0.25) is 0 Å². The van der Waals surface area contributed by atoms with Gasteiger partial charge in [0.15, 0.2) is 0 Å². The van der Waals surface area contributed by atoms with Crippen LogP contribution in [-0.4, -0.2) is 29.4 Å². The van der Waals surface area contributed by atoms with Gasteiger partial charge in [-0.3, -0.25) is 0 Å². The van der Waals surface area contributed by atoms with Crippen molar-refractivity contribution in [2.45, 2.75) is 38.3 Å². The van der Waals surface area contributed by atoms with Gasteiger partial charge in [0, 0.05) is 12.6 Å². The van der Waals surface area contributed by atoms with E-state index in [2.05, 4.69) is 5.32 Å². The van der Waals surface area contributed by atoms with Crippen molar-refractivity contribution in [2.24, 2.45) is 0 Å². The van der Waals surface area contributed by atoms with Crippen molar-refractivity contribution in [3.05, 3.63) is 35.9 Å². The Morgan fingerprint density at radius 2 is 1.94 bits per heavy atom. The molecule has 3 N–H and O–H groups in total. The maximum Gasteiger partial charge on any atom is 0.102 e. The second-order valence-corrected chi connectivity index (χ2v) is 4.20. The molecule has 1 aliphatic heterocycles. The third kappa shape index (κ3) is 3.53. The first-order valence-corrected chi connectivity index (χ1v) is 6.37. The number of nitrogens with one attached hydrogen (secondary N) is 1. The lowest BCUT2D eigenvalue weighted by Gasteiger charge is -2.36. The molecule has 1 fully saturated rings. The zero-order chi connectivity index (χ0) is 12.7. The summed E-state index contributed by atoms with van der Waals surface area (Å²) in [4.78, 5) is 0. The maximum absolute atomic E-state index is 10.4. The van der Waals surface area contributed by atoms with Gasteiger partial charge in [-0.25, -0.2) is 0 Å². The van der Waals surface area contributed by atoms with Gasteiger partial charge in [-0.15, -0.1) is 0 Å². The molecule has 0 spiro atoms. The molecule has 1 aliphatic rings. The number of aliphatic hydroxyl groups excluding tert-OH is 1. The molecule has 0 saturated carbocycles. The Kier molecular flexibility index (Phi) is 5.62. The lowest BCUT2D eigenvalue weighted by Crippen LogP contribution is -2.49. The van der Waals surface area contributed by atoms with E-state index >= 15 is 0 Å². The van der Waals surface area contributed by atoms with Crippen LogP contribution in [0.4, 0.5) is 0 Å². The van der Waals surface area contributed by atoms with Crippen molar-refractivity contribution >= 4 is 0 Å². The fourth-order valence-corrected chi connectivity index (χ4v) is 2.07. The van der Waals surface area contributed by atoms with E-state index in [1.807, 2.05) is 44.2 Å². The molecule has 17 heavy (non-hydrogen) atoms. The molecule has 2 rings (SSSR count). The fraction of sp³-hybridized carbons (Fsp3) is 0.571. The van der Waals surface area contributed by atoms with E-state index in [0.717, 1.165) is 12.0 Å². The van der Waals surface area contributed by atoms with Crippen LogP contribution in [-0.2, 0) is 5.60 Å². The minimum atomic E-state index is -0.771. The third-order valence-electron chi connectivity index (χ3n) is 3.12. The van der Waals surface area contributed by atoms with Gasteiger partial charge in [-0.2, -0.15) is 0 Å². The van der Waals surface area contributed by atoms with Gasteiger partial charge in [-0.1, -0.05) is 44.2 Å². The number of piperidine rings is 1. The van der Waals surface area contributed by atoms with Crippen LogP contribution in [0.5, 0.6) is 0 Å². The Morgan fingerprint density at radius 1 is 1.29 bits per heavy atom. The zero-order valence-corrected chi connectivity index (χ0v) is 10.7. The van der Waals surface area contributed by atoms with Crippen LogP contribution in [0.25, 0.3) is 0 Å². The van der Waals surface area contributed by atoms with Crippen LogP contribution >= 0.6 is 0 Å². The van der Waals surface area contributed by atoms with Crippen LogP contribution < -0.4 is 5.32 Å². The lowest BCUT2D eigenvalue weighted by molar-refractivity contribution is -0.00385. The highest BCUT2D eigenvalue weighted by molar-refractivity contribution is 5.23. The highest BCUT2D eigenvalue weighted by Gasteiger charge is 2.33. The molecule has 1 saturated heterocycles. The van der Waals surface area contributed by atoms with Crippen LogP contribution in [0.1, 0.15) is 32.3 Å². The van der Waals surface area contributed by atoms with Gasteiger partial charge in [0.1, 0.15) is 5.60 Å². The van der Waals surface area contributed by atoms with E-state index in [1.165, 1.54) is 0 Å². The van der Waals surface area contributed by atoms with E-state index in [0.29, 0.717) is 13.0 Å². The average Bonchev–Trinajstić information content (AvgIpc) is 2.43. The van der Waals surface area contributed by atoms with Gasteiger partial charge in [0.25, 0.3) is 0 Å². The SMILES string of the molecule is CC.OCC1CCC(O)(c2ccccc2)CN1. The summed E-state index contributed by atoms with van der Waals surface area (Å²) >= 11 is 0. The summed E-state index contributed by atoms with van der Waals surface area (Å²) in [6.07, 6.45) is 1.51. The van der Waals surface area contributed by atoms with Gasteiger partial charge < -0.3 is 15.5 Å². The molecule has 1 aromatic carbocycles. The summed E-state index contributed by atoms with van der Waals surface area (Å²) < 4.78 is 0. The van der Waals surface area contributed by atoms with Gasteiger partial charge >= 0.3 is 0 Å². The monoisotopic (exact) mass is 237 g/mol. The molecule has 0 aromatic heterocycles. The molecule has 2 unspecified atom stereocenters. The average molecular weight is 237 g/mol. The Hall–Kier alpha value is -0.900. The fourth-order valence-electron chi connectivity index (χ4n) is 2.07. The van der Waals surface area contributed by atoms with E-state index in [4.69, 9.17) is 5.11 Å². The van der Waals surface area contributed by atoms with Crippen LogP contribution in [0.15, 0.2) is 30.3 Å². The Balaban J connectivity index is 0.000000686. The molecule has 96 valence electrons. The van der Waals surface area contributed by atoms with E-state index in [-0.39, 0.29) is 12.6 Å². The maximum atomic E-state index is 10.4. The summed E-state index contributed by atoms with van der Waals surface area (Å²) in [6, 6.07) is 9.84. The van der Waals surface area contributed by atoms with Gasteiger partial charge in [-0.05, 0) is 18.4 Å². The van der Waals surface area contributed by atoms with Crippen molar-refractivity contribution in [1.29, 1.82) is 0 Å². The first kappa shape index (κ1) is 14.2. The Bertz CT molecular complexity index is 305. The molecule has 1 heterocycles. The van der Waals surface area contributed by atoms with E-state index in [9.17, 15) is 5.11 Å². The summed E-state index contributed by atoms with van der Waals surface area (Å²) in [5.74, 6) is 0. The third-order valence-corrected chi connectivity index (χ3v) is 3.12. The van der Waals surface area contributed by atoms with Crippen LogP contribution in [0.3, 0.4) is 0 Å². The molecule has 0 aliphatic carbocycles. The number of hydrogen-bond acceptors (Lipinski definition) is 3. The minimum absolute atomic E-state index is 0.133. The molecule has 0 radical (unpaired) electrons. The van der Waals surface area contributed by atoms with E-state index < -0.39 is 5.60 Å². The predicted octanol–water partition coefficient (Wildman–Crippen LogP) is 1.64. The number of rotatable bonds is 2. The van der Waals surface area contributed by atoms with Crippen molar-refractivity contribution < 1.29 is 10.2 Å². The summed E-state index contributed by atoms with van der Waals surface area (Å²) in [5.41, 5.74) is 0.182. The molecule has 0 amide bonds. The Labute approximate surface area is 103 Å². The molecule has 3 heteroatoms. The van der Waals surface area contributed by atoms with Crippen LogP contribution in [0, 0.1) is 0 Å². The lowest BCUT2D eigenvalue weighted by atomic mass is 9.84. The topological polar surface area (TPSA) is 52.5 Å². The Morgan fingerprint density at radius 3 is 2.41 bits per heavy atom. The standard InChI is InChI=1S/C12H17NO2.C2H6/c14-8-11-6-7-12(15,9-13-11)10-4-2-1-3-5-10;1-2/h1-5,11,13-15H,6-9H2;1-2H3. The zero-order valence-electron chi connectivity index (χ0n) is 10.7. The summed E-state index contributed by atoms with van der Waals surface area (Å²) in [7, 11) is 0. The summed E-state index contributed by atoms with van der Waals surface area (Å²) in [5, 5.41) is 22.6. The molecular formula is C14H23NO2. The van der Waals surface area contributed by atoms with Crippen LogP contribution in [0.2, 0.25) is 0 Å². The largest absolute Gasteiger partial charge is 0.395 e. The van der Waals surface area contributed by atoms with Crippen molar-refractivity contribution in [3.63, 3.8) is 0 Å². The number of β-amino-alcohol motifs (C(OH)–C–C–N with tert-alkyl or cyclic N) is 1. The van der Waals surface area contributed by atoms with Crippen molar-refractivity contribution in [2.75, 3.05) is 13.2 Å². The molecular weight excluding hydrogens is 214 g/mol. The van der Waals surface area contributed by atoms with E-state index in [1.54, 1.807) is 0 Å². The first-order valence-electron chi connectivity index (χ1n) is 6.37. The molecule has 0 bridgehead atoms. The molecule has 1 aromatic rings. The molecule has 3 nitrogen and oxygen atoms in total. The predicted molar refractivity (Wildman–Crippen MR) is 69.8 cm³/mol. The minimum Gasteiger partial charge on any atom is -0.395 e. The smallest absolute Gasteiger partial charge is 0.102 e. The van der Waals surface area contributed by atoms with Gasteiger partial charge in [0.05, 0.1) is 6.61 Å². The van der Waals surface area contributed by atoms with Crippen molar-refractivity contribution in [3.8, 4) is 0 Å². The highest BCUT2D eigenvalue weighted by Crippen LogP contribution is 2.29. The second-order valence-electron chi connectivity index (χ2n) is 4.20. The molecule has 2 atom stereocenters. The first-order chi connectivity index (χ1) is 8.24. The number of benzene rings is 1. The number of aliphatic hydroxyl groups is 2. The second kappa shape index (κ2) is 6.74. The van der Waals surface area contributed by atoms with Crippen molar-refractivity contribution in [1.82, 2.24) is 5.32 Å². The number of hydrogen-bond donors (Lipinski definition) is 3. The normalized spacial score (nSPS) is 28.1. The summed E-state index contributed by atoms with van der Waals surface area (Å²) in [6.45, 7) is 4.66.